The SMILES string of the molecule is CCCCCC/C=C\C/C=C\CCCCCCCCCC(=O)NC(COC1OC(CO)C(OC2OC(CO)C(O)C(O)C2O)C(O)C1O)C(O)/C=C/CC/C=C/CCCCCCCCC. The van der Waals surface area contributed by atoms with Gasteiger partial charge in [-0.3, -0.25) is 4.79 Å². The highest BCUT2D eigenvalue weighted by Gasteiger charge is 2.51. The van der Waals surface area contributed by atoms with Gasteiger partial charge in [0.25, 0.3) is 0 Å². The summed E-state index contributed by atoms with van der Waals surface area (Å²) in [5, 5.41) is 86.6. The first-order valence-electron chi connectivity index (χ1n) is 25.4. The van der Waals surface area contributed by atoms with Gasteiger partial charge in [0.2, 0.25) is 5.91 Å². The molecule has 2 rings (SSSR count). The van der Waals surface area contributed by atoms with Crippen molar-refractivity contribution in [3.8, 4) is 0 Å². The number of amides is 1. The summed E-state index contributed by atoms with van der Waals surface area (Å²) in [6.07, 6.45) is 27.2. The molecule has 0 bridgehead atoms. The summed E-state index contributed by atoms with van der Waals surface area (Å²) in [6.45, 7) is 2.72. The average Bonchev–Trinajstić information content (AvgIpc) is 3.30. The van der Waals surface area contributed by atoms with Crippen molar-refractivity contribution in [2.24, 2.45) is 0 Å². The molecule has 0 aromatic heterocycles. The third-order valence-corrected chi connectivity index (χ3v) is 12.2. The molecule has 9 N–H and O–H groups in total. The predicted octanol–water partition coefficient (Wildman–Crippen LogP) is 6.49. The Hall–Kier alpha value is -2.05. The molecule has 2 saturated heterocycles. The van der Waals surface area contributed by atoms with Crippen LogP contribution < -0.4 is 5.32 Å². The summed E-state index contributed by atoms with van der Waals surface area (Å²) in [7, 11) is 0. The number of aliphatic hydroxyl groups excluding tert-OH is 8. The van der Waals surface area contributed by atoms with E-state index in [4.69, 9.17) is 18.9 Å². The van der Waals surface area contributed by atoms with Crippen LogP contribution in [0.5, 0.6) is 0 Å². The molecule has 0 aromatic carbocycles. The van der Waals surface area contributed by atoms with Gasteiger partial charge in [0.1, 0.15) is 48.8 Å². The summed E-state index contributed by atoms with van der Waals surface area (Å²) in [4.78, 5) is 13.2. The summed E-state index contributed by atoms with van der Waals surface area (Å²) >= 11 is 0. The molecule has 14 nitrogen and oxygen atoms in total. The average molecular weight is 926 g/mol. The van der Waals surface area contributed by atoms with E-state index < -0.39 is 86.8 Å². The first-order valence-corrected chi connectivity index (χ1v) is 25.4. The minimum atomic E-state index is -1.79. The summed E-state index contributed by atoms with van der Waals surface area (Å²) in [6, 6.07) is -0.934. The molecule has 65 heavy (non-hydrogen) atoms. The fourth-order valence-corrected chi connectivity index (χ4v) is 8.04. The van der Waals surface area contributed by atoms with Crippen LogP contribution in [0.15, 0.2) is 48.6 Å². The van der Waals surface area contributed by atoms with E-state index >= 15 is 0 Å². The lowest BCUT2D eigenvalue weighted by atomic mass is 9.97. The van der Waals surface area contributed by atoms with Gasteiger partial charge in [-0.1, -0.05) is 152 Å². The molecule has 0 radical (unpaired) electrons. The molecular formula is C51H91NO13. The number of ether oxygens (including phenoxy) is 4. The fraction of sp³-hybridized carbons (Fsp3) is 0.824. The van der Waals surface area contributed by atoms with Gasteiger partial charge in [-0.2, -0.15) is 0 Å². The number of allylic oxidation sites excluding steroid dienone is 7. The molecule has 2 heterocycles. The van der Waals surface area contributed by atoms with Crippen LogP contribution in [0, 0.1) is 0 Å². The van der Waals surface area contributed by atoms with Gasteiger partial charge < -0.3 is 65.1 Å². The number of rotatable bonds is 38. The van der Waals surface area contributed by atoms with E-state index in [1.165, 1.54) is 89.9 Å². The summed E-state index contributed by atoms with van der Waals surface area (Å²) in [5.41, 5.74) is 0. The molecule has 378 valence electrons. The van der Waals surface area contributed by atoms with Gasteiger partial charge in [-0.05, 0) is 64.2 Å². The zero-order chi connectivity index (χ0) is 47.5. The Morgan fingerprint density at radius 3 is 1.62 bits per heavy atom. The Morgan fingerprint density at radius 1 is 0.554 bits per heavy atom. The van der Waals surface area contributed by atoms with Crippen molar-refractivity contribution in [2.45, 2.75) is 248 Å². The molecule has 0 aromatic rings. The Bertz CT molecular complexity index is 1280. The maximum absolute atomic E-state index is 13.2. The van der Waals surface area contributed by atoms with Crippen molar-refractivity contribution in [1.29, 1.82) is 0 Å². The van der Waals surface area contributed by atoms with E-state index in [0.29, 0.717) is 12.8 Å². The standard InChI is InChI=1S/C51H91NO13/c1-3-5-7-9-11-13-15-17-18-19-20-21-23-25-27-29-31-33-35-43(56)52-39(40(55)34-32-30-28-26-24-22-16-14-12-10-8-6-4-2)38-62-50-48(61)46(59)49(42(37-54)64-50)65-51-47(60)45(58)44(57)41(36-53)63-51/h13,15,18-19,24,26,32,34,39-42,44-51,53-55,57-61H,3-12,14,16-17,20-23,25,27-31,33,35-38H2,1-2H3,(H,52,56)/b15-13-,19-18-,26-24+,34-32+. The van der Waals surface area contributed by atoms with Crippen molar-refractivity contribution < 1.29 is 64.6 Å². The predicted molar refractivity (Wildman–Crippen MR) is 254 cm³/mol. The van der Waals surface area contributed by atoms with Crippen LogP contribution in [0.4, 0.5) is 0 Å². The lowest BCUT2D eigenvalue weighted by molar-refractivity contribution is -0.359. The maximum Gasteiger partial charge on any atom is 0.220 e. The zero-order valence-electron chi connectivity index (χ0n) is 40.0. The molecule has 1 amide bonds. The zero-order valence-corrected chi connectivity index (χ0v) is 40.0. The molecule has 0 saturated carbocycles. The monoisotopic (exact) mass is 926 g/mol. The third-order valence-electron chi connectivity index (χ3n) is 12.2. The van der Waals surface area contributed by atoms with Crippen molar-refractivity contribution in [3.05, 3.63) is 48.6 Å². The normalized spacial score (nSPS) is 27.4. The molecule has 14 heteroatoms. The van der Waals surface area contributed by atoms with Crippen LogP contribution in [0.2, 0.25) is 0 Å². The summed E-state index contributed by atoms with van der Waals surface area (Å²) < 4.78 is 22.7. The minimum Gasteiger partial charge on any atom is -0.394 e. The Labute approximate surface area is 391 Å². The molecule has 2 fully saturated rings. The van der Waals surface area contributed by atoms with E-state index in [9.17, 15) is 45.6 Å². The molecular weight excluding hydrogens is 835 g/mol. The van der Waals surface area contributed by atoms with Crippen molar-refractivity contribution >= 4 is 5.91 Å². The quantitative estimate of drug-likeness (QED) is 0.0239. The lowest BCUT2D eigenvalue weighted by Gasteiger charge is -2.46. The molecule has 2 aliphatic heterocycles. The lowest BCUT2D eigenvalue weighted by Crippen LogP contribution is -2.65. The first kappa shape index (κ1) is 59.1. The highest BCUT2D eigenvalue weighted by molar-refractivity contribution is 5.76. The highest BCUT2D eigenvalue weighted by Crippen LogP contribution is 2.30. The van der Waals surface area contributed by atoms with E-state index in [1.807, 2.05) is 6.08 Å². The van der Waals surface area contributed by atoms with Gasteiger partial charge in [0, 0.05) is 6.42 Å². The van der Waals surface area contributed by atoms with Gasteiger partial charge in [-0.25, -0.2) is 0 Å². The van der Waals surface area contributed by atoms with Crippen LogP contribution >= 0.6 is 0 Å². The van der Waals surface area contributed by atoms with Crippen molar-refractivity contribution in [1.82, 2.24) is 5.32 Å². The van der Waals surface area contributed by atoms with E-state index in [-0.39, 0.29) is 18.9 Å². The molecule has 2 aliphatic rings. The molecule has 12 atom stereocenters. The number of hydrogen-bond acceptors (Lipinski definition) is 13. The number of aliphatic hydroxyl groups is 8. The van der Waals surface area contributed by atoms with E-state index in [0.717, 1.165) is 51.4 Å². The van der Waals surface area contributed by atoms with Gasteiger partial charge in [0.15, 0.2) is 12.6 Å². The second kappa shape index (κ2) is 37.9. The Morgan fingerprint density at radius 2 is 1.03 bits per heavy atom. The number of nitrogens with one attached hydrogen (secondary N) is 1. The number of carbonyl (C=O) groups excluding carboxylic acids is 1. The number of hydrogen-bond donors (Lipinski definition) is 9. The topological polar surface area (TPSA) is 228 Å². The summed E-state index contributed by atoms with van der Waals surface area (Å²) in [5.74, 6) is -0.260. The van der Waals surface area contributed by atoms with Crippen molar-refractivity contribution in [3.63, 3.8) is 0 Å². The van der Waals surface area contributed by atoms with Gasteiger partial charge in [-0.15, -0.1) is 0 Å². The molecule has 12 unspecified atom stereocenters. The smallest absolute Gasteiger partial charge is 0.220 e. The minimum absolute atomic E-state index is 0.260. The largest absolute Gasteiger partial charge is 0.394 e. The maximum atomic E-state index is 13.2. The van der Waals surface area contributed by atoms with Crippen molar-refractivity contribution in [2.75, 3.05) is 19.8 Å². The van der Waals surface area contributed by atoms with Gasteiger partial charge in [0.05, 0.1) is 32.0 Å². The molecule has 0 spiro atoms. The Kier molecular flexibility index (Phi) is 34.4. The fourth-order valence-electron chi connectivity index (χ4n) is 8.04. The van der Waals surface area contributed by atoms with Gasteiger partial charge >= 0.3 is 0 Å². The van der Waals surface area contributed by atoms with Crippen LogP contribution in [0.1, 0.15) is 174 Å². The number of carbonyl (C=O) groups is 1. The van der Waals surface area contributed by atoms with E-state index in [1.54, 1.807) is 6.08 Å². The van der Waals surface area contributed by atoms with Crippen LogP contribution in [-0.2, 0) is 23.7 Å². The molecule has 0 aliphatic carbocycles. The van der Waals surface area contributed by atoms with Crippen LogP contribution in [0.25, 0.3) is 0 Å². The first-order chi connectivity index (χ1) is 31.6. The Balaban J connectivity index is 1.86. The second-order valence-corrected chi connectivity index (χ2v) is 17.9. The highest BCUT2D eigenvalue weighted by atomic mass is 16.7. The third kappa shape index (κ3) is 25.2. The van der Waals surface area contributed by atoms with Crippen LogP contribution in [0.3, 0.4) is 0 Å². The second-order valence-electron chi connectivity index (χ2n) is 17.9. The van der Waals surface area contributed by atoms with E-state index in [2.05, 4.69) is 55.6 Å². The van der Waals surface area contributed by atoms with Crippen LogP contribution in [-0.4, -0.2) is 140 Å². The number of unbranched alkanes of at least 4 members (excludes halogenated alkanes) is 19.